The van der Waals surface area contributed by atoms with E-state index in [2.05, 4.69) is 49.4 Å². The Morgan fingerprint density at radius 1 is 0.889 bits per heavy atom. The molecule has 1 N–H and O–H groups in total. The predicted octanol–water partition coefficient (Wildman–Crippen LogP) is 4.01. The van der Waals surface area contributed by atoms with Gasteiger partial charge in [0.2, 0.25) is 5.95 Å². The topological polar surface area (TPSA) is 79.8 Å². The first kappa shape index (κ1) is 25.6. The van der Waals surface area contributed by atoms with Gasteiger partial charge < -0.3 is 24.6 Å². The number of carbonyl (C=O) groups is 1. The van der Waals surface area contributed by atoms with Gasteiger partial charge in [-0.15, -0.1) is 0 Å². The van der Waals surface area contributed by atoms with Gasteiger partial charge in [-0.1, -0.05) is 24.3 Å². The van der Waals surface area contributed by atoms with Crippen molar-refractivity contribution in [2.45, 2.75) is 19.8 Å². The number of hydrogen-bond donors (Lipinski definition) is 1. The van der Waals surface area contributed by atoms with Gasteiger partial charge in [0.05, 0.1) is 20.1 Å². The van der Waals surface area contributed by atoms with Gasteiger partial charge in [0.15, 0.2) is 0 Å². The molecule has 36 heavy (non-hydrogen) atoms. The fourth-order valence-corrected chi connectivity index (χ4v) is 4.22. The summed E-state index contributed by atoms with van der Waals surface area (Å²) in [5, 5.41) is 3.28. The second-order valence-corrected chi connectivity index (χ2v) is 8.83. The highest BCUT2D eigenvalue weighted by Gasteiger charge is 2.17. The number of nitrogens with one attached hydrogen (secondary N) is 1. The molecule has 4 rings (SSSR count). The van der Waals surface area contributed by atoms with Gasteiger partial charge in [-0.05, 0) is 48.7 Å². The second kappa shape index (κ2) is 13.0. The van der Waals surface area contributed by atoms with Crippen LogP contribution in [0.2, 0.25) is 0 Å². The normalized spacial score (nSPS) is 14.4. The minimum Gasteiger partial charge on any atom is -0.497 e. The summed E-state index contributed by atoms with van der Waals surface area (Å²) in [5.74, 6) is 1.29. The number of nitrogens with zero attached hydrogens (tertiary/aromatic N) is 4. The number of piperazine rings is 1. The van der Waals surface area contributed by atoms with Gasteiger partial charge in [-0.3, -0.25) is 4.79 Å². The van der Waals surface area contributed by atoms with Crippen LogP contribution in [0.15, 0.2) is 60.9 Å². The van der Waals surface area contributed by atoms with Gasteiger partial charge in [-0.25, -0.2) is 9.97 Å². The van der Waals surface area contributed by atoms with Crippen LogP contribution in [0.5, 0.6) is 5.75 Å². The zero-order valence-corrected chi connectivity index (χ0v) is 21.2. The second-order valence-electron chi connectivity index (χ2n) is 8.83. The predicted molar refractivity (Wildman–Crippen MR) is 142 cm³/mol. The van der Waals surface area contributed by atoms with Gasteiger partial charge in [0, 0.05) is 62.9 Å². The minimum atomic E-state index is -0.102. The summed E-state index contributed by atoms with van der Waals surface area (Å²) in [6.45, 7) is 8.19. The Morgan fingerprint density at radius 3 is 2.14 bits per heavy atom. The van der Waals surface area contributed by atoms with E-state index in [1.165, 1.54) is 5.56 Å². The molecular formula is C28H35N5O3. The number of hydrogen-bond acceptors (Lipinski definition) is 8. The first-order valence-electron chi connectivity index (χ1n) is 12.6. The summed E-state index contributed by atoms with van der Waals surface area (Å²) in [6, 6.07) is 16.3. The number of carbonyl (C=O) groups excluding carboxylic acids is 1. The molecule has 3 aromatic rings. The maximum atomic E-state index is 11.5. The maximum Gasteiger partial charge on any atom is 0.307 e. The lowest BCUT2D eigenvalue weighted by Crippen LogP contribution is -2.47. The molecule has 1 fully saturated rings. The van der Waals surface area contributed by atoms with Crippen LogP contribution in [0.1, 0.15) is 18.9 Å². The highest BCUT2D eigenvalue weighted by Crippen LogP contribution is 2.22. The van der Waals surface area contributed by atoms with Crippen molar-refractivity contribution in [3.8, 4) is 16.9 Å². The first-order chi connectivity index (χ1) is 17.6. The van der Waals surface area contributed by atoms with Crippen LogP contribution in [0, 0.1) is 0 Å². The van der Waals surface area contributed by atoms with Crippen molar-refractivity contribution in [1.82, 2.24) is 19.8 Å². The zero-order valence-electron chi connectivity index (χ0n) is 21.2. The van der Waals surface area contributed by atoms with E-state index in [9.17, 15) is 4.79 Å². The van der Waals surface area contributed by atoms with Gasteiger partial charge in [0.25, 0.3) is 0 Å². The summed E-state index contributed by atoms with van der Waals surface area (Å²) in [4.78, 5) is 25.3. The minimum absolute atomic E-state index is 0.102. The van der Waals surface area contributed by atoms with Crippen molar-refractivity contribution in [2.75, 3.05) is 58.3 Å². The molecule has 2 heterocycles. The highest BCUT2D eigenvalue weighted by atomic mass is 16.5. The Bertz CT molecular complexity index is 1080. The van der Waals surface area contributed by atoms with Crippen molar-refractivity contribution in [1.29, 1.82) is 0 Å². The van der Waals surface area contributed by atoms with Gasteiger partial charge in [-0.2, -0.15) is 0 Å². The monoisotopic (exact) mass is 489 g/mol. The van der Waals surface area contributed by atoms with Crippen LogP contribution in [0.25, 0.3) is 11.1 Å². The van der Waals surface area contributed by atoms with Crippen molar-refractivity contribution >= 4 is 17.6 Å². The third-order valence-electron chi connectivity index (χ3n) is 6.40. The van der Waals surface area contributed by atoms with Crippen molar-refractivity contribution in [3.63, 3.8) is 0 Å². The molecular weight excluding hydrogens is 454 g/mol. The largest absolute Gasteiger partial charge is 0.497 e. The van der Waals surface area contributed by atoms with E-state index in [1.54, 1.807) is 7.11 Å². The van der Waals surface area contributed by atoms with Crippen LogP contribution in [0.3, 0.4) is 0 Å². The number of esters is 1. The summed E-state index contributed by atoms with van der Waals surface area (Å²) < 4.78 is 10.2. The molecule has 0 amide bonds. The summed E-state index contributed by atoms with van der Waals surface area (Å²) >= 11 is 0. The fourth-order valence-electron chi connectivity index (χ4n) is 4.22. The molecule has 0 radical (unpaired) electrons. The van der Waals surface area contributed by atoms with Crippen molar-refractivity contribution in [2.24, 2.45) is 0 Å². The number of anilines is 2. The fraction of sp³-hybridized carbons (Fsp3) is 0.393. The average Bonchev–Trinajstić information content (AvgIpc) is 2.93. The number of rotatable bonds is 11. The molecule has 1 aliphatic heterocycles. The quantitative estimate of drug-likeness (QED) is 0.405. The standard InChI is InChI=1S/C28H35N5O3/c1-3-36-27(34)13-15-33-18-16-32(17-19-33)14-12-22-4-8-25(9-5-22)31-28-29-20-24(21-30-28)23-6-10-26(35-2)11-7-23/h4-11,20-21H,3,12-19H2,1-2H3,(H,29,30,31). The van der Waals surface area contributed by atoms with E-state index < -0.39 is 0 Å². The third kappa shape index (κ3) is 7.50. The number of methoxy groups -OCH3 is 1. The van der Waals surface area contributed by atoms with Crippen LogP contribution in [0.4, 0.5) is 11.6 Å². The van der Waals surface area contributed by atoms with Crippen LogP contribution in [-0.2, 0) is 16.0 Å². The smallest absolute Gasteiger partial charge is 0.307 e. The SMILES string of the molecule is CCOC(=O)CCN1CCN(CCc2ccc(Nc3ncc(-c4ccc(OC)cc4)cn3)cc2)CC1. The third-order valence-corrected chi connectivity index (χ3v) is 6.40. The molecule has 1 aliphatic rings. The molecule has 0 spiro atoms. The molecule has 2 aromatic carbocycles. The van der Waals surface area contributed by atoms with E-state index in [0.717, 1.165) is 68.3 Å². The first-order valence-corrected chi connectivity index (χ1v) is 12.6. The molecule has 0 saturated carbocycles. The Hall–Kier alpha value is -3.49. The highest BCUT2D eigenvalue weighted by molar-refractivity contribution is 5.69. The van der Waals surface area contributed by atoms with Crippen LogP contribution < -0.4 is 10.1 Å². The molecule has 0 aliphatic carbocycles. The Kier molecular flexibility index (Phi) is 9.24. The lowest BCUT2D eigenvalue weighted by Gasteiger charge is -2.34. The molecule has 0 bridgehead atoms. The molecule has 0 atom stereocenters. The molecule has 8 nitrogen and oxygen atoms in total. The summed E-state index contributed by atoms with van der Waals surface area (Å²) in [5.41, 5.74) is 4.27. The van der Waals surface area contributed by atoms with Crippen LogP contribution in [-0.4, -0.2) is 78.7 Å². The number of aromatic nitrogens is 2. The molecule has 1 saturated heterocycles. The van der Waals surface area contributed by atoms with E-state index in [-0.39, 0.29) is 5.97 Å². The Labute approximate surface area is 213 Å². The molecule has 8 heteroatoms. The molecule has 190 valence electrons. The van der Waals surface area contributed by atoms with Crippen molar-refractivity contribution < 1.29 is 14.3 Å². The lowest BCUT2D eigenvalue weighted by atomic mass is 10.1. The number of benzene rings is 2. The lowest BCUT2D eigenvalue weighted by molar-refractivity contribution is -0.143. The molecule has 1 aromatic heterocycles. The Balaban J connectivity index is 1.19. The number of ether oxygens (including phenoxy) is 2. The van der Waals surface area contributed by atoms with Crippen LogP contribution >= 0.6 is 0 Å². The average molecular weight is 490 g/mol. The van der Waals surface area contributed by atoms with E-state index in [0.29, 0.717) is 19.0 Å². The molecule has 0 unspecified atom stereocenters. The van der Waals surface area contributed by atoms with E-state index >= 15 is 0 Å². The van der Waals surface area contributed by atoms with Gasteiger partial charge in [0.1, 0.15) is 5.75 Å². The maximum absolute atomic E-state index is 11.5. The summed E-state index contributed by atoms with van der Waals surface area (Å²) in [6.07, 6.45) is 5.13. The van der Waals surface area contributed by atoms with E-state index in [1.807, 2.05) is 43.6 Å². The van der Waals surface area contributed by atoms with Gasteiger partial charge >= 0.3 is 5.97 Å². The summed E-state index contributed by atoms with van der Waals surface area (Å²) in [7, 11) is 1.66. The Morgan fingerprint density at radius 2 is 1.53 bits per heavy atom. The van der Waals surface area contributed by atoms with Crippen molar-refractivity contribution in [3.05, 3.63) is 66.5 Å². The zero-order chi connectivity index (χ0) is 25.2. The van der Waals surface area contributed by atoms with E-state index in [4.69, 9.17) is 9.47 Å².